The van der Waals surface area contributed by atoms with Gasteiger partial charge >= 0.3 is 0 Å². The van der Waals surface area contributed by atoms with Crippen LogP contribution in [0.5, 0.6) is 11.5 Å². The van der Waals surface area contributed by atoms with Crippen LogP contribution in [0.1, 0.15) is 18.2 Å². The van der Waals surface area contributed by atoms with E-state index in [1.807, 2.05) is 32.0 Å². The van der Waals surface area contributed by atoms with Gasteiger partial charge < -0.3 is 14.5 Å². The van der Waals surface area contributed by atoms with Gasteiger partial charge in [-0.15, -0.1) is 0 Å². The van der Waals surface area contributed by atoms with Gasteiger partial charge in [0.25, 0.3) is 0 Å². The minimum atomic E-state index is 0.335. The first-order valence-corrected chi connectivity index (χ1v) is 7.57. The lowest BCUT2D eigenvalue weighted by Gasteiger charge is -2.20. The fourth-order valence-electron chi connectivity index (χ4n) is 1.99. The number of ether oxygens (including phenoxy) is 2. The van der Waals surface area contributed by atoms with E-state index in [-0.39, 0.29) is 0 Å². The Labute approximate surface area is 146 Å². The highest BCUT2D eigenvalue weighted by molar-refractivity contribution is 5.58. The predicted molar refractivity (Wildman–Crippen MR) is 94.7 cm³/mol. The zero-order valence-corrected chi connectivity index (χ0v) is 14.6. The van der Waals surface area contributed by atoms with E-state index in [9.17, 15) is 0 Å². The van der Waals surface area contributed by atoms with Gasteiger partial charge in [0, 0.05) is 7.05 Å². The lowest BCUT2D eigenvalue weighted by atomic mass is 10.1. The maximum atomic E-state index is 8.94. The van der Waals surface area contributed by atoms with Crippen LogP contribution in [0.25, 0.3) is 0 Å². The third-order valence-electron chi connectivity index (χ3n) is 3.09. The molecule has 9 nitrogen and oxygen atoms in total. The quantitative estimate of drug-likeness (QED) is 0.288. The van der Waals surface area contributed by atoms with E-state index in [0.717, 1.165) is 22.7 Å². The van der Waals surface area contributed by atoms with Gasteiger partial charge in [0.2, 0.25) is 6.41 Å². The highest BCUT2D eigenvalue weighted by Gasteiger charge is 2.13. The summed E-state index contributed by atoms with van der Waals surface area (Å²) >= 11 is 0. The summed E-state index contributed by atoms with van der Waals surface area (Å²) in [6, 6.07) is 5.74. The molecule has 25 heavy (non-hydrogen) atoms. The second kappa shape index (κ2) is 10.8. The van der Waals surface area contributed by atoms with Gasteiger partial charge in [-0.1, -0.05) is 6.07 Å². The number of rotatable bonds is 7. The maximum absolute atomic E-state index is 8.94. The molecule has 1 aromatic heterocycles. The molecule has 1 aromatic carbocycles. The van der Waals surface area contributed by atoms with Gasteiger partial charge in [0.15, 0.2) is 5.75 Å². The average molecular weight is 348 g/mol. The second-order valence-corrected chi connectivity index (χ2v) is 4.84. The van der Waals surface area contributed by atoms with Crippen molar-refractivity contribution in [3.8, 4) is 11.5 Å². The Morgan fingerprint density at radius 3 is 2.60 bits per heavy atom. The summed E-state index contributed by atoms with van der Waals surface area (Å²) in [6.07, 6.45) is 3.55. The molecule has 2 aromatic rings. The molecule has 0 saturated carbocycles. The second-order valence-electron chi connectivity index (χ2n) is 4.84. The molecule has 0 aliphatic heterocycles. The molecule has 136 valence electrons. The molecule has 0 spiro atoms. The van der Waals surface area contributed by atoms with Crippen molar-refractivity contribution in [2.45, 2.75) is 20.5 Å². The molecule has 0 bridgehead atoms. The summed E-state index contributed by atoms with van der Waals surface area (Å²) in [4.78, 5) is 17.0. The first kappa shape index (κ1) is 20.1. The molecule has 0 aliphatic carbocycles. The highest BCUT2D eigenvalue weighted by Crippen LogP contribution is 2.29. The molecule has 0 radical (unpaired) electrons. The number of carbonyl (C=O) groups excluding carboxylic acids is 1. The van der Waals surface area contributed by atoms with Crippen LogP contribution in [0.2, 0.25) is 0 Å². The van der Waals surface area contributed by atoms with Crippen molar-refractivity contribution in [1.29, 1.82) is 0 Å². The summed E-state index contributed by atoms with van der Waals surface area (Å²) in [5.41, 5.74) is 4.30. The minimum Gasteiger partial charge on any atom is -0.493 e. The Hall–Kier alpha value is -2.91. The Morgan fingerprint density at radius 1 is 1.32 bits per heavy atom. The van der Waals surface area contributed by atoms with E-state index in [0.29, 0.717) is 25.4 Å². The summed E-state index contributed by atoms with van der Waals surface area (Å²) in [5, 5.41) is 1.55. The fourth-order valence-corrected chi connectivity index (χ4v) is 1.99. The van der Waals surface area contributed by atoms with E-state index in [4.69, 9.17) is 20.1 Å². The number of aromatic nitrogens is 2. The van der Waals surface area contributed by atoms with E-state index in [1.165, 1.54) is 6.33 Å². The predicted octanol–water partition coefficient (Wildman–Crippen LogP) is 0.679. The van der Waals surface area contributed by atoms with Gasteiger partial charge in [-0.3, -0.25) is 10.2 Å². The number of nitrogens with one attached hydrogen (secondary N) is 1. The standard InChI is InChI=1S/C15H20N4O2.CH4N2O/c1-4-20-14-7-5-6-13(19(3)16)12(14)9-21-15-8-17-10-18-11(15)2;2-3-1-4/h5-8,10H,4,9,16H2,1-3H3;1H,2H2,(H,3,4). The van der Waals surface area contributed by atoms with Crippen molar-refractivity contribution >= 4 is 12.1 Å². The molecular formula is C16H24N6O3. The molecule has 2 rings (SSSR count). The third-order valence-corrected chi connectivity index (χ3v) is 3.09. The van der Waals surface area contributed by atoms with Crippen LogP contribution in [0.15, 0.2) is 30.7 Å². The Balaban J connectivity index is 0.000000705. The van der Waals surface area contributed by atoms with Crippen LogP contribution in [0, 0.1) is 6.92 Å². The molecule has 0 atom stereocenters. The van der Waals surface area contributed by atoms with Crippen molar-refractivity contribution in [2.75, 3.05) is 18.7 Å². The normalized spacial score (nSPS) is 9.48. The van der Waals surface area contributed by atoms with E-state index >= 15 is 0 Å². The number of hydrazine groups is 2. The van der Waals surface area contributed by atoms with Gasteiger partial charge in [0.05, 0.1) is 29.7 Å². The topological polar surface area (TPSA) is 129 Å². The molecule has 5 N–H and O–H groups in total. The van der Waals surface area contributed by atoms with Crippen molar-refractivity contribution < 1.29 is 14.3 Å². The molecule has 1 heterocycles. The number of aryl methyl sites for hydroxylation is 1. The molecule has 0 saturated heterocycles. The van der Waals surface area contributed by atoms with Crippen molar-refractivity contribution in [2.24, 2.45) is 11.7 Å². The SMILES string of the molecule is CCOc1cccc(N(C)N)c1COc1cncnc1C.NNC=O. The summed E-state index contributed by atoms with van der Waals surface area (Å²) in [6.45, 7) is 4.74. The van der Waals surface area contributed by atoms with Crippen LogP contribution in [-0.4, -0.2) is 30.0 Å². The molecule has 0 unspecified atom stereocenters. The average Bonchev–Trinajstić information content (AvgIpc) is 2.62. The molecule has 0 aliphatic rings. The van der Waals surface area contributed by atoms with Gasteiger partial charge in [-0.25, -0.2) is 21.7 Å². The lowest BCUT2D eigenvalue weighted by Crippen LogP contribution is -2.26. The van der Waals surface area contributed by atoms with Crippen LogP contribution < -0.4 is 31.6 Å². The van der Waals surface area contributed by atoms with E-state index in [1.54, 1.807) is 23.7 Å². The largest absolute Gasteiger partial charge is 0.493 e. The Morgan fingerprint density at radius 2 is 2.04 bits per heavy atom. The number of hydrogen-bond acceptors (Lipinski definition) is 8. The highest BCUT2D eigenvalue weighted by atomic mass is 16.5. The summed E-state index contributed by atoms with van der Waals surface area (Å²) in [7, 11) is 1.78. The third kappa shape index (κ3) is 6.24. The molecular weight excluding hydrogens is 324 g/mol. The molecule has 1 amide bonds. The Kier molecular flexibility index (Phi) is 8.69. The number of carbonyl (C=O) groups is 1. The van der Waals surface area contributed by atoms with Crippen molar-refractivity contribution in [3.63, 3.8) is 0 Å². The van der Waals surface area contributed by atoms with Crippen LogP contribution in [0.3, 0.4) is 0 Å². The van der Waals surface area contributed by atoms with Crippen LogP contribution >= 0.6 is 0 Å². The smallest absolute Gasteiger partial charge is 0.221 e. The molecule has 0 fully saturated rings. The number of nitrogens with two attached hydrogens (primary N) is 2. The number of hydrogen-bond donors (Lipinski definition) is 3. The van der Waals surface area contributed by atoms with E-state index in [2.05, 4.69) is 15.8 Å². The Bertz CT molecular complexity index is 666. The van der Waals surface area contributed by atoms with Crippen LogP contribution in [-0.2, 0) is 11.4 Å². The van der Waals surface area contributed by atoms with Crippen molar-refractivity contribution in [3.05, 3.63) is 42.0 Å². The van der Waals surface area contributed by atoms with Crippen molar-refractivity contribution in [1.82, 2.24) is 15.4 Å². The van der Waals surface area contributed by atoms with Gasteiger partial charge in [0.1, 0.15) is 18.7 Å². The maximum Gasteiger partial charge on any atom is 0.221 e. The number of nitrogens with zero attached hydrogens (tertiary/aromatic N) is 3. The number of amides is 1. The van der Waals surface area contributed by atoms with Crippen LogP contribution in [0.4, 0.5) is 5.69 Å². The lowest BCUT2D eigenvalue weighted by molar-refractivity contribution is -0.109. The summed E-state index contributed by atoms with van der Waals surface area (Å²) < 4.78 is 11.5. The summed E-state index contributed by atoms with van der Waals surface area (Å²) in [5.74, 6) is 11.7. The number of anilines is 1. The molecule has 9 heteroatoms. The van der Waals surface area contributed by atoms with Gasteiger partial charge in [-0.2, -0.15) is 0 Å². The first-order chi connectivity index (χ1) is 12.0. The zero-order valence-electron chi connectivity index (χ0n) is 14.6. The van der Waals surface area contributed by atoms with E-state index < -0.39 is 0 Å². The minimum absolute atomic E-state index is 0.335. The zero-order chi connectivity index (χ0) is 18.7. The number of benzene rings is 1. The first-order valence-electron chi connectivity index (χ1n) is 7.57. The van der Waals surface area contributed by atoms with Gasteiger partial charge in [-0.05, 0) is 26.0 Å². The fraction of sp³-hybridized carbons (Fsp3) is 0.312. The monoisotopic (exact) mass is 348 g/mol.